The molecule has 29 heavy (non-hydrogen) atoms. The fourth-order valence-electron chi connectivity index (χ4n) is 2.88. The highest BCUT2D eigenvalue weighted by Gasteiger charge is 2.22. The first-order chi connectivity index (χ1) is 13.9. The first kappa shape index (κ1) is 19.1. The Morgan fingerprint density at radius 2 is 1.86 bits per heavy atom. The van der Waals surface area contributed by atoms with E-state index in [0.29, 0.717) is 17.1 Å². The van der Waals surface area contributed by atoms with Gasteiger partial charge in [-0.1, -0.05) is 12.1 Å². The van der Waals surface area contributed by atoms with Crippen LogP contribution in [0, 0.1) is 13.8 Å². The summed E-state index contributed by atoms with van der Waals surface area (Å²) >= 11 is 1.48. The van der Waals surface area contributed by atoms with E-state index >= 15 is 0 Å². The Labute approximate surface area is 172 Å². The molecule has 0 amide bonds. The summed E-state index contributed by atoms with van der Waals surface area (Å²) in [5, 5.41) is 12.5. The molecule has 0 bridgehead atoms. The van der Waals surface area contributed by atoms with Crippen LogP contribution in [0.3, 0.4) is 0 Å². The number of pyridine rings is 1. The van der Waals surface area contributed by atoms with E-state index in [1.54, 1.807) is 38.4 Å². The van der Waals surface area contributed by atoms with Crippen LogP contribution in [0.2, 0.25) is 0 Å². The smallest absolute Gasteiger partial charge is 0.265 e. The van der Waals surface area contributed by atoms with E-state index in [1.807, 2.05) is 29.6 Å². The number of aromatic nitrogens is 4. The van der Waals surface area contributed by atoms with Gasteiger partial charge in [0.05, 0.1) is 29.0 Å². The van der Waals surface area contributed by atoms with Crippen molar-refractivity contribution < 1.29 is 8.42 Å². The Kier molecular flexibility index (Phi) is 5.03. The van der Waals surface area contributed by atoms with Gasteiger partial charge in [-0.25, -0.2) is 13.4 Å². The lowest BCUT2D eigenvalue weighted by atomic mass is 10.1. The highest BCUT2D eigenvalue weighted by molar-refractivity contribution is 7.92. The van der Waals surface area contributed by atoms with Crippen molar-refractivity contribution in [3.05, 3.63) is 65.6 Å². The number of H-pyrrole nitrogens is 1. The van der Waals surface area contributed by atoms with E-state index < -0.39 is 10.0 Å². The van der Waals surface area contributed by atoms with Crippen molar-refractivity contribution in [2.24, 2.45) is 0 Å². The molecule has 3 heterocycles. The van der Waals surface area contributed by atoms with Gasteiger partial charge in [0.25, 0.3) is 10.0 Å². The molecular weight excluding hydrogens is 408 g/mol. The number of benzene rings is 1. The van der Waals surface area contributed by atoms with Crippen molar-refractivity contribution in [2.45, 2.75) is 18.7 Å². The van der Waals surface area contributed by atoms with Crippen molar-refractivity contribution in [3.8, 4) is 11.3 Å². The lowest BCUT2D eigenvalue weighted by molar-refractivity contribution is 0.600. The summed E-state index contributed by atoms with van der Waals surface area (Å²) in [6.45, 7) is 3.33. The Balaban J connectivity index is 1.50. The maximum atomic E-state index is 12.6. The second-order valence-corrected chi connectivity index (χ2v) is 8.83. The van der Waals surface area contributed by atoms with Gasteiger partial charge in [0.1, 0.15) is 4.90 Å². The molecule has 0 aliphatic carbocycles. The quantitative estimate of drug-likeness (QED) is 0.428. The Morgan fingerprint density at radius 3 is 2.52 bits per heavy atom. The Hall–Kier alpha value is -3.24. The zero-order valence-corrected chi connectivity index (χ0v) is 17.3. The van der Waals surface area contributed by atoms with Crippen LogP contribution in [0.1, 0.15) is 11.4 Å². The molecule has 0 saturated heterocycles. The number of aromatic amines is 1. The highest BCUT2D eigenvalue weighted by Crippen LogP contribution is 2.28. The predicted octanol–water partition coefficient (Wildman–Crippen LogP) is 4.09. The van der Waals surface area contributed by atoms with Crippen LogP contribution in [-0.2, 0) is 10.0 Å². The van der Waals surface area contributed by atoms with Crippen LogP contribution < -0.4 is 10.0 Å². The average Bonchev–Trinajstić information content (AvgIpc) is 3.29. The monoisotopic (exact) mass is 426 g/mol. The van der Waals surface area contributed by atoms with Crippen molar-refractivity contribution in [1.82, 2.24) is 20.2 Å². The fraction of sp³-hybridized carbons (Fsp3) is 0.105. The molecule has 4 rings (SSSR count). The van der Waals surface area contributed by atoms with Crippen LogP contribution >= 0.6 is 11.3 Å². The zero-order chi connectivity index (χ0) is 20.4. The van der Waals surface area contributed by atoms with E-state index in [-0.39, 0.29) is 4.90 Å². The molecule has 3 N–H and O–H groups in total. The topological polar surface area (TPSA) is 113 Å². The number of anilines is 3. The molecule has 0 aliphatic heterocycles. The lowest BCUT2D eigenvalue weighted by Crippen LogP contribution is -2.14. The SMILES string of the molecule is Cc1n[nH]c(C)c1S(=O)(=O)Nc1ccc(-c2csc(Nc3cccnc3)n2)cc1. The van der Waals surface area contributed by atoms with Gasteiger partial charge in [-0.15, -0.1) is 11.3 Å². The third kappa shape index (κ3) is 4.13. The van der Waals surface area contributed by atoms with Gasteiger partial charge in [-0.3, -0.25) is 14.8 Å². The Morgan fingerprint density at radius 1 is 1.07 bits per heavy atom. The first-order valence-electron chi connectivity index (χ1n) is 8.70. The van der Waals surface area contributed by atoms with E-state index in [9.17, 15) is 8.42 Å². The van der Waals surface area contributed by atoms with E-state index in [0.717, 1.165) is 22.1 Å². The Bertz CT molecular complexity index is 1210. The molecule has 0 atom stereocenters. The molecule has 148 valence electrons. The summed E-state index contributed by atoms with van der Waals surface area (Å²) in [7, 11) is -3.71. The van der Waals surface area contributed by atoms with Crippen LogP contribution in [0.15, 0.2) is 59.1 Å². The van der Waals surface area contributed by atoms with E-state index in [1.165, 1.54) is 11.3 Å². The predicted molar refractivity (Wildman–Crippen MR) is 114 cm³/mol. The first-order valence-corrected chi connectivity index (χ1v) is 11.1. The third-order valence-corrected chi connectivity index (χ3v) is 6.58. The molecule has 0 radical (unpaired) electrons. The molecule has 0 saturated carbocycles. The zero-order valence-electron chi connectivity index (χ0n) is 15.7. The second kappa shape index (κ2) is 7.64. The minimum absolute atomic E-state index is 0.173. The summed E-state index contributed by atoms with van der Waals surface area (Å²) < 4.78 is 27.9. The number of hydrogen-bond donors (Lipinski definition) is 3. The van der Waals surface area contributed by atoms with Crippen LogP contribution in [0.4, 0.5) is 16.5 Å². The summed E-state index contributed by atoms with van der Waals surface area (Å²) in [5.41, 5.74) is 3.96. The largest absolute Gasteiger partial charge is 0.330 e. The molecule has 3 aromatic heterocycles. The molecule has 0 aliphatic rings. The van der Waals surface area contributed by atoms with Crippen LogP contribution in [0.5, 0.6) is 0 Å². The van der Waals surface area contributed by atoms with Gasteiger partial charge in [-0.05, 0) is 38.1 Å². The summed E-state index contributed by atoms with van der Waals surface area (Å²) in [4.78, 5) is 8.81. The van der Waals surface area contributed by atoms with Crippen LogP contribution in [-0.4, -0.2) is 28.6 Å². The van der Waals surface area contributed by atoms with E-state index in [2.05, 4.69) is 30.2 Å². The summed E-state index contributed by atoms with van der Waals surface area (Å²) in [5.74, 6) is 0. The normalized spacial score (nSPS) is 11.4. The van der Waals surface area contributed by atoms with Gasteiger partial charge in [0, 0.05) is 22.8 Å². The standard InChI is InChI=1S/C19H18N6O2S2/c1-12-18(13(2)24-23-12)29(26,27)25-15-7-5-14(6-8-15)17-11-28-19(22-17)21-16-4-3-9-20-10-16/h3-11,25H,1-2H3,(H,21,22)(H,23,24). The van der Waals surface area contributed by atoms with Gasteiger partial charge >= 0.3 is 0 Å². The number of nitrogens with one attached hydrogen (secondary N) is 3. The maximum absolute atomic E-state index is 12.6. The van der Waals surface area contributed by atoms with Crippen molar-refractivity contribution in [1.29, 1.82) is 0 Å². The number of rotatable bonds is 6. The second-order valence-electron chi connectivity index (χ2n) is 6.35. The molecule has 10 heteroatoms. The fourth-order valence-corrected chi connectivity index (χ4v) is 5.05. The van der Waals surface area contributed by atoms with Crippen molar-refractivity contribution in [3.63, 3.8) is 0 Å². The number of aryl methyl sites for hydroxylation is 2. The maximum Gasteiger partial charge on any atom is 0.265 e. The molecule has 0 spiro atoms. The van der Waals surface area contributed by atoms with Crippen LogP contribution in [0.25, 0.3) is 11.3 Å². The molecule has 1 aromatic carbocycles. The molecular formula is C19H18N6O2S2. The molecule has 4 aromatic rings. The number of hydrogen-bond acceptors (Lipinski definition) is 7. The number of nitrogens with zero attached hydrogens (tertiary/aromatic N) is 3. The number of thiazole rings is 1. The minimum Gasteiger partial charge on any atom is -0.330 e. The van der Waals surface area contributed by atoms with Gasteiger partial charge in [0.15, 0.2) is 5.13 Å². The summed E-state index contributed by atoms with van der Waals surface area (Å²) in [6, 6.07) is 10.9. The lowest BCUT2D eigenvalue weighted by Gasteiger charge is -2.08. The highest BCUT2D eigenvalue weighted by atomic mass is 32.2. The van der Waals surface area contributed by atoms with Gasteiger partial charge in [0.2, 0.25) is 0 Å². The van der Waals surface area contributed by atoms with Crippen molar-refractivity contribution >= 4 is 37.9 Å². The minimum atomic E-state index is -3.71. The number of sulfonamides is 1. The summed E-state index contributed by atoms with van der Waals surface area (Å²) in [6.07, 6.45) is 3.44. The molecule has 0 unspecified atom stereocenters. The average molecular weight is 427 g/mol. The van der Waals surface area contributed by atoms with E-state index in [4.69, 9.17) is 0 Å². The van der Waals surface area contributed by atoms with Crippen molar-refractivity contribution in [2.75, 3.05) is 10.0 Å². The molecule has 8 nitrogen and oxygen atoms in total. The van der Waals surface area contributed by atoms with Gasteiger partial charge in [-0.2, -0.15) is 5.10 Å². The molecule has 0 fully saturated rings. The third-order valence-electron chi connectivity index (χ3n) is 4.18. The van der Waals surface area contributed by atoms with Gasteiger partial charge < -0.3 is 5.32 Å².